The molecule has 0 atom stereocenters. The lowest BCUT2D eigenvalue weighted by Crippen LogP contribution is -2.42. The molecule has 2 aromatic heterocycles. The van der Waals surface area contributed by atoms with Crippen molar-refractivity contribution in [1.82, 2.24) is 30.7 Å². The summed E-state index contributed by atoms with van der Waals surface area (Å²) >= 11 is 0. The van der Waals surface area contributed by atoms with E-state index < -0.39 is 0 Å². The first kappa shape index (κ1) is 16.3. The van der Waals surface area contributed by atoms with Gasteiger partial charge in [-0.25, -0.2) is 9.98 Å². The number of aromatic nitrogens is 3. The molecule has 0 amide bonds. The number of aromatic amines is 1. The predicted octanol–water partition coefficient (Wildman–Crippen LogP) is 0.921. The summed E-state index contributed by atoms with van der Waals surface area (Å²) in [6, 6.07) is 1.53. The van der Waals surface area contributed by atoms with E-state index in [1.165, 1.54) is 6.07 Å². The van der Waals surface area contributed by atoms with Crippen molar-refractivity contribution in [3.05, 3.63) is 65.1 Å². The first-order valence-electron chi connectivity index (χ1n) is 8.63. The molecule has 1 fully saturated rings. The van der Waals surface area contributed by atoms with Crippen molar-refractivity contribution >= 4 is 11.5 Å². The Bertz CT molecular complexity index is 917. The lowest BCUT2D eigenvalue weighted by atomic mass is 9.90. The fourth-order valence-corrected chi connectivity index (χ4v) is 3.21. The van der Waals surface area contributed by atoms with Crippen molar-refractivity contribution in [1.29, 1.82) is 0 Å². The van der Waals surface area contributed by atoms with E-state index in [2.05, 4.69) is 37.7 Å². The summed E-state index contributed by atoms with van der Waals surface area (Å²) < 4.78 is 1.74. The molecule has 4 rings (SSSR count). The zero-order valence-corrected chi connectivity index (χ0v) is 14.3. The summed E-state index contributed by atoms with van der Waals surface area (Å²) in [5, 5.41) is 3.35. The summed E-state index contributed by atoms with van der Waals surface area (Å²) in [7, 11) is 0. The monoisotopic (exact) mass is 351 g/mol. The molecule has 4 N–H and O–H groups in total. The number of nitrogens with one attached hydrogen (secondary N) is 4. The Kier molecular flexibility index (Phi) is 4.40. The summed E-state index contributed by atoms with van der Waals surface area (Å²) in [6.45, 7) is 6.20. The third-order valence-corrected chi connectivity index (χ3v) is 4.74. The molecule has 0 aromatic carbocycles. The van der Waals surface area contributed by atoms with Crippen molar-refractivity contribution in [3.8, 4) is 5.82 Å². The molecular formula is C18H21N7O. The van der Waals surface area contributed by atoms with Crippen molar-refractivity contribution in [2.45, 2.75) is 12.8 Å². The number of rotatable bonds is 4. The second-order valence-corrected chi connectivity index (χ2v) is 6.39. The maximum absolute atomic E-state index is 12.5. The molecule has 0 unspecified atom stereocenters. The maximum Gasteiger partial charge on any atom is 0.193 e. The standard InChI is InChI=1S/C18H21N7O/c1-12(13-2-4-19-5-3-13)18-22-10-15(23-24-18)14-9-21-17(8-16(14)26)25-7-6-20-11-25/h6-11,13,19,23H,1-5H2,(H,21,26)(H,22,24). The summed E-state index contributed by atoms with van der Waals surface area (Å²) in [5.41, 5.74) is 8.16. The van der Waals surface area contributed by atoms with Gasteiger partial charge in [-0.3, -0.25) is 20.2 Å². The van der Waals surface area contributed by atoms with Gasteiger partial charge in [-0.15, -0.1) is 0 Å². The highest BCUT2D eigenvalue weighted by molar-refractivity contribution is 6.00. The van der Waals surface area contributed by atoms with Gasteiger partial charge in [-0.1, -0.05) is 6.58 Å². The SMILES string of the molecule is C=C(C1=NC=C(c2c[nH]c(-n3ccnc3)cc2=O)NN1)C1CCNCC1. The first-order chi connectivity index (χ1) is 12.7. The smallest absolute Gasteiger partial charge is 0.193 e. The molecule has 1 saturated heterocycles. The van der Waals surface area contributed by atoms with Crippen LogP contribution >= 0.6 is 0 Å². The van der Waals surface area contributed by atoms with Gasteiger partial charge < -0.3 is 10.3 Å². The summed E-state index contributed by atoms with van der Waals surface area (Å²) in [5.74, 6) is 1.81. The number of hydrogen-bond donors (Lipinski definition) is 4. The van der Waals surface area contributed by atoms with E-state index in [0.29, 0.717) is 23.0 Å². The van der Waals surface area contributed by atoms with E-state index >= 15 is 0 Å². The topological polar surface area (TPSA) is 99.1 Å². The van der Waals surface area contributed by atoms with Crippen molar-refractivity contribution in [3.63, 3.8) is 0 Å². The minimum Gasteiger partial charge on any atom is -0.347 e. The molecule has 8 heteroatoms. The Morgan fingerprint density at radius 1 is 1.27 bits per heavy atom. The summed E-state index contributed by atoms with van der Waals surface area (Å²) in [6.07, 6.45) is 10.5. The molecule has 2 aliphatic heterocycles. The van der Waals surface area contributed by atoms with Crippen LogP contribution in [0.5, 0.6) is 0 Å². The van der Waals surface area contributed by atoms with Crippen LogP contribution in [0.25, 0.3) is 11.5 Å². The average molecular weight is 351 g/mol. The molecule has 26 heavy (non-hydrogen) atoms. The molecular weight excluding hydrogens is 330 g/mol. The second kappa shape index (κ2) is 7.01. The zero-order valence-electron chi connectivity index (χ0n) is 14.3. The molecule has 8 nitrogen and oxygen atoms in total. The van der Waals surface area contributed by atoms with Gasteiger partial charge in [0.25, 0.3) is 0 Å². The Morgan fingerprint density at radius 3 is 2.77 bits per heavy atom. The largest absolute Gasteiger partial charge is 0.347 e. The highest BCUT2D eigenvalue weighted by Crippen LogP contribution is 2.21. The minimum atomic E-state index is -0.108. The van der Waals surface area contributed by atoms with Crippen LogP contribution in [0, 0.1) is 5.92 Å². The highest BCUT2D eigenvalue weighted by Gasteiger charge is 2.21. The first-order valence-corrected chi connectivity index (χ1v) is 8.63. The number of nitrogens with zero attached hydrogens (tertiary/aromatic N) is 3. The lowest BCUT2D eigenvalue weighted by Gasteiger charge is -2.27. The Labute approximate surface area is 150 Å². The molecule has 2 aliphatic rings. The fourth-order valence-electron chi connectivity index (χ4n) is 3.21. The second-order valence-electron chi connectivity index (χ2n) is 6.39. The van der Waals surface area contributed by atoms with Crippen molar-refractivity contribution in [2.24, 2.45) is 10.9 Å². The normalized spacial score (nSPS) is 17.7. The zero-order chi connectivity index (χ0) is 17.9. The van der Waals surface area contributed by atoms with E-state index in [1.54, 1.807) is 35.7 Å². The van der Waals surface area contributed by atoms with E-state index in [4.69, 9.17) is 0 Å². The van der Waals surface area contributed by atoms with Crippen LogP contribution in [0.2, 0.25) is 0 Å². The van der Waals surface area contributed by atoms with Gasteiger partial charge in [0, 0.05) is 24.7 Å². The van der Waals surface area contributed by atoms with Crippen molar-refractivity contribution in [2.75, 3.05) is 13.1 Å². The number of H-pyrrole nitrogens is 1. The molecule has 0 bridgehead atoms. The molecule has 0 spiro atoms. The number of hydrazine groups is 1. The number of imidazole rings is 1. The van der Waals surface area contributed by atoms with Gasteiger partial charge in [0.15, 0.2) is 5.43 Å². The number of amidine groups is 1. The van der Waals surface area contributed by atoms with Crippen LogP contribution in [-0.4, -0.2) is 33.5 Å². The maximum atomic E-state index is 12.5. The number of pyridine rings is 1. The van der Waals surface area contributed by atoms with Gasteiger partial charge in [0.2, 0.25) is 0 Å². The Morgan fingerprint density at radius 2 is 2.12 bits per heavy atom. The summed E-state index contributed by atoms with van der Waals surface area (Å²) in [4.78, 5) is 24.0. The highest BCUT2D eigenvalue weighted by atomic mass is 16.1. The van der Waals surface area contributed by atoms with Gasteiger partial charge in [0.1, 0.15) is 18.0 Å². The lowest BCUT2D eigenvalue weighted by molar-refractivity contribution is 0.427. The van der Waals surface area contributed by atoms with Gasteiger partial charge in [-0.05, 0) is 37.4 Å². The van der Waals surface area contributed by atoms with Crippen LogP contribution in [0.3, 0.4) is 0 Å². The van der Waals surface area contributed by atoms with E-state index in [-0.39, 0.29) is 5.43 Å². The Balaban J connectivity index is 1.54. The fraction of sp³-hybridized carbons (Fsp3) is 0.278. The molecule has 0 saturated carbocycles. The average Bonchev–Trinajstić information content (AvgIpc) is 3.23. The van der Waals surface area contributed by atoms with Crippen LogP contribution in [0.4, 0.5) is 0 Å². The number of hydrogen-bond acceptors (Lipinski definition) is 6. The van der Waals surface area contributed by atoms with E-state index in [1.807, 2.05) is 0 Å². The van der Waals surface area contributed by atoms with Gasteiger partial charge in [0.05, 0.1) is 17.5 Å². The minimum absolute atomic E-state index is 0.108. The molecule has 0 aliphatic carbocycles. The third kappa shape index (κ3) is 3.18. The predicted molar refractivity (Wildman–Crippen MR) is 101 cm³/mol. The molecule has 4 heterocycles. The van der Waals surface area contributed by atoms with E-state index in [0.717, 1.165) is 37.3 Å². The molecule has 0 radical (unpaired) electrons. The van der Waals surface area contributed by atoms with E-state index in [9.17, 15) is 4.79 Å². The van der Waals surface area contributed by atoms with Crippen LogP contribution in [0.1, 0.15) is 18.4 Å². The molecule has 134 valence electrons. The van der Waals surface area contributed by atoms with Crippen molar-refractivity contribution < 1.29 is 0 Å². The quantitative estimate of drug-likeness (QED) is 0.657. The third-order valence-electron chi connectivity index (χ3n) is 4.74. The Hall–Kier alpha value is -3.13. The molecule has 2 aromatic rings. The van der Waals surface area contributed by atoms with Crippen LogP contribution in [0.15, 0.2) is 59.1 Å². The number of aliphatic imine (C=N–C) groups is 1. The number of piperidine rings is 1. The van der Waals surface area contributed by atoms with Gasteiger partial charge in [-0.2, -0.15) is 0 Å². The van der Waals surface area contributed by atoms with Crippen LogP contribution in [-0.2, 0) is 0 Å². The van der Waals surface area contributed by atoms with Crippen LogP contribution < -0.4 is 21.6 Å². The van der Waals surface area contributed by atoms with Gasteiger partial charge >= 0.3 is 0 Å².